The average molecular weight is 260 g/mol. The number of carbonyl (C=O) groups is 1. The van der Waals surface area contributed by atoms with Crippen LogP contribution in [-0.4, -0.2) is 22.6 Å². The Kier molecular flexibility index (Phi) is 2.98. The molecule has 0 aliphatic heterocycles. The molecule has 1 aliphatic carbocycles. The third-order valence-electron chi connectivity index (χ3n) is 3.53. The summed E-state index contributed by atoms with van der Waals surface area (Å²) in [6.45, 7) is 3.31. The predicted octanol–water partition coefficient (Wildman–Crippen LogP) is 1.95. The van der Waals surface area contributed by atoms with Gasteiger partial charge in [-0.15, -0.1) is 0 Å². The minimum absolute atomic E-state index is 0.145. The van der Waals surface area contributed by atoms with Gasteiger partial charge in [-0.1, -0.05) is 6.07 Å². The van der Waals surface area contributed by atoms with Crippen LogP contribution in [0, 0.1) is 18.8 Å². The van der Waals surface area contributed by atoms with E-state index in [0.29, 0.717) is 5.89 Å². The molecule has 19 heavy (non-hydrogen) atoms. The van der Waals surface area contributed by atoms with E-state index in [1.807, 2.05) is 25.1 Å². The second kappa shape index (κ2) is 4.66. The number of benzene rings is 1. The van der Waals surface area contributed by atoms with E-state index < -0.39 is 5.97 Å². The fourth-order valence-corrected chi connectivity index (χ4v) is 2.38. The molecule has 1 saturated carbocycles. The van der Waals surface area contributed by atoms with Crippen LogP contribution in [0.15, 0.2) is 22.6 Å². The SMILES string of the molecule is Cc1nc2cc(CNCC3CC3C(=O)O)ccc2o1. The number of nitrogens with one attached hydrogen (secondary N) is 1. The molecule has 2 aromatic rings. The first-order valence-corrected chi connectivity index (χ1v) is 6.43. The number of carboxylic acids is 1. The molecule has 2 N–H and O–H groups in total. The lowest BCUT2D eigenvalue weighted by Gasteiger charge is -2.03. The normalized spacial score (nSPS) is 21.7. The van der Waals surface area contributed by atoms with Crippen molar-refractivity contribution in [2.24, 2.45) is 11.8 Å². The molecule has 0 saturated heterocycles. The lowest BCUT2D eigenvalue weighted by Crippen LogP contribution is -2.18. The van der Waals surface area contributed by atoms with Crippen molar-refractivity contribution in [3.63, 3.8) is 0 Å². The van der Waals surface area contributed by atoms with E-state index in [1.165, 1.54) is 0 Å². The van der Waals surface area contributed by atoms with Crippen molar-refractivity contribution < 1.29 is 14.3 Å². The summed E-state index contributed by atoms with van der Waals surface area (Å²) in [5.74, 6) is 0.136. The van der Waals surface area contributed by atoms with Gasteiger partial charge in [0.25, 0.3) is 0 Å². The summed E-state index contributed by atoms with van der Waals surface area (Å²) in [4.78, 5) is 15.0. The maximum atomic E-state index is 10.7. The number of nitrogens with zero attached hydrogens (tertiary/aromatic N) is 1. The lowest BCUT2D eigenvalue weighted by molar-refractivity contribution is -0.138. The number of carboxylic acid groups (broad SMARTS) is 1. The minimum atomic E-state index is -0.675. The molecule has 1 aromatic heterocycles. The quantitative estimate of drug-likeness (QED) is 0.859. The van der Waals surface area contributed by atoms with Gasteiger partial charge in [-0.2, -0.15) is 0 Å². The van der Waals surface area contributed by atoms with Gasteiger partial charge in [0, 0.05) is 13.5 Å². The van der Waals surface area contributed by atoms with Gasteiger partial charge in [-0.25, -0.2) is 4.98 Å². The highest BCUT2D eigenvalue weighted by Crippen LogP contribution is 2.37. The summed E-state index contributed by atoms with van der Waals surface area (Å²) in [7, 11) is 0. The number of hydrogen-bond donors (Lipinski definition) is 2. The molecule has 1 fully saturated rings. The number of fused-ring (bicyclic) bond motifs is 1. The summed E-state index contributed by atoms with van der Waals surface area (Å²) >= 11 is 0. The van der Waals surface area contributed by atoms with Crippen LogP contribution in [0.1, 0.15) is 17.9 Å². The lowest BCUT2D eigenvalue weighted by atomic mass is 10.2. The molecule has 1 aromatic carbocycles. The molecule has 0 spiro atoms. The highest BCUT2D eigenvalue weighted by Gasteiger charge is 2.42. The predicted molar refractivity (Wildman–Crippen MR) is 69.7 cm³/mol. The first-order valence-electron chi connectivity index (χ1n) is 6.43. The molecule has 2 unspecified atom stereocenters. The van der Waals surface area contributed by atoms with E-state index in [1.54, 1.807) is 0 Å². The summed E-state index contributed by atoms with van der Waals surface area (Å²) in [6.07, 6.45) is 0.795. The Morgan fingerprint density at radius 2 is 2.42 bits per heavy atom. The number of aromatic nitrogens is 1. The zero-order chi connectivity index (χ0) is 13.4. The molecule has 5 heteroatoms. The fourth-order valence-electron chi connectivity index (χ4n) is 2.38. The molecule has 2 atom stereocenters. The molecule has 5 nitrogen and oxygen atoms in total. The van der Waals surface area contributed by atoms with Crippen molar-refractivity contribution in [1.29, 1.82) is 0 Å². The van der Waals surface area contributed by atoms with Gasteiger partial charge >= 0.3 is 5.97 Å². The third-order valence-corrected chi connectivity index (χ3v) is 3.53. The maximum absolute atomic E-state index is 10.7. The van der Waals surface area contributed by atoms with Crippen LogP contribution in [0.5, 0.6) is 0 Å². The molecule has 100 valence electrons. The Bertz CT molecular complexity index is 620. The van der Waals surface area contributed by atoms with E-state index in [2.05, 4.69) is 10.3 Å². The number of hydrogen-bond acceptors (Lipinski definition) is 4. The van der Waals surface area contributed by atoms with Crippen LogP contribution < -0.4 is 5.32 Å². The van der Waals surface area contributed by atoms with Crippen LogP contribution in [-0.2, 0) is 11.3 Å². The van der Waals surface area contributed by atoms with Gasteiger partial charge in [0.2, 0.25) is 0 Å². The first-order chi connectivity index (χ1) is 9.13. The van der Waals surface area contributed by atoms with Crippen molar-refractivity contribution in [1.82, 2.24) is 10.3 Å². The summed E-state index contributed by atoms with van der Waals surface area (Å²) in [5.41, 5.74) is 2.80. The maximum Gasteiger partial charge on any atom is 0.306 e. The molecule has 0 radical (unpaired) electrons. The fraction of sp³-hybridized carbons (Fsp3) is 0.429. The summed E-state index contributed by atoms with van der Waals surface area (Å²) < 4.78 is 5.42. The van der Waals surface area contributed by atoms with Crippen LogP contribution in [0.25, 0.3) is 11.1 Å². The van der Waals surface area contributed by atoms with Gasteiger partial charge in [-0.3, -0.25) is 4.79 Å². The van der Waals surface area contributed by atoms with E-state index in [-0.39, 0.29) is 11.8 Å². The zero-order valence-corrected chi connectivity index (χ0v) is 10.7. The van der Waals surface area contributed by atoms with E-state index in [9.17, 15) is 4.79 Å². The van der Waals surface area contributed by atoms with Gasteiger partial charge in [0.05, 0.1) is 5.92 Å². The van der Waals surface area contributed by atoms with E-state index >= 15 is 0 Å². The first kappa shape index (κ1) is 12.2. The second-order valence-corrected chi connectivity index (χ2v) is 5.11. The Morgan fingerprint density at radius 1 is 1.58 bits per heavy atom. The van der Waals surface area contributed by atoms with Crippen molar-refractivity contribution in [3.8, 4) is 0 Å². The molecule has 3 rings (SSSR count). The second-order valence-electron chi connectivity index (χ2n) is 5.11. The Labute approximate surface area is 110 Å². The van der Waals surface area contributed by atoms with Crippen molar-refractivity contribution >= 4 is 17.1 Å². The van der Waals surface area contributed by atoms with Gasteiger partial charge in [-0.05, 0) is 36.6 Å². The van der Waals surface area contributed by atoms with Crippen LogP contribution in [0.3, 0.4) is 0 Å². The van der Waals surface area contributed by atoms with Gasteiger partial charge in [0.15, 0.2) is 11.5 Å². The van der Waals surface area contributed by atoms with Gasteiger partial charge in [0.1, 0.15) is 5.52 Å². The number of oxazole rings is 1. The van der Waals surface area contributed by atoms with E-state index in [4.69, 9.17) is 9.52 Å². The largest absolute Gasteiger partial charge is 0.481 e. The highest BCUT2D eigenvalue weighted by atomic mass is 16.4. The molecular weight excluding hydrogens is 244 g/mol. The molecule has 1 heterocycles. The number of aryl methyl sites for hydroxylation is 1. The monoisotopic (exact) mass is 260 g/mol. The highest BCUT2D eigenvalue weighted by molar-refractivity contribution is 5.74. The van der Waals surface area contributed by atoms with Crippen LogP contribution in [0.2, 0.25) is 0 Å². The summed E-state index contributed by atoms with van der Waals surface area (Å²) in [6, 6.07) is 5.92. The Hall–Kier alpha value is -1.88. The third kappa shape index (κ3) is 2.61. The molecule has 1 aliphatic rings. The van der Waals surface area contributed by atoms with E-state index in [0.717, 1.165) is 36.2 Å². The standard InChI is InChI=1S/C14H16N2O3/c1-8-16-12-4-9(2-3-13(12)19-8)6-15-7-10-5-11(10)14(17)18/h2-4,10-11,15H,5-7H2,1H3,(H,17,18). The van der Waals surface area contributed by atoms with Crippen molar-refractivity contribution in [2.75, 3.05) is 6.54 Å². The Balaban J connectivity index is 1.55. The van der Waals surface area contributed by atoms with Crippen LogP contribution >= 0.6 is 0 Å². The van der Waals surface area contributed by atoms with Gasteiger partial charge < -0.3 is 14.8 Å². The smallest absolute Gasteiger partial charge is 0.306 e. The van der Waals surface area contributed by atoms with Crippen molar-refractivity contribution in [2.45, 2.75) is 19.9 Å². The number of rotatable bonds is 5. The average Bonchev–Trinajstić information content (AvgIpc) is 3.03. The summed E-state index contributed by atoms with van der Waals surface area (Å²) in [5, 5.41) is 12.1. The molecular formula is C14H16N2O3. The minimum Gasteiger partial charge on any atom is -0.481 e. The topological polar surface area (TPSA) is 75.4 Å². The Morgan fingerprint density at radius 3 is 3.16 bits per heavy atom. The zero-order valence-electron chi connectivity index (χ0n) is 10.7. The number of aliphatic carboxylic acids is 1. The molecule has 0 bridgehead atoms. The molecule has 0 amide bonds. The van der Waals surface area contributed by atoms with Crippen molar-refractivity contribution in [3.05, 3.63) is 29.7 Å². The van der Waals surface area contributed by atoms with Crippen LogP contribution in [0.4, 0.5) is 0 Å².